The minimum absolute atomic E-state index is 0.149. The Hall–Kier alpha value is -1.42. The van der Waals surface area contributed by atoms with E-state index in [0.29, 0.717) is 5.75 Å². The van der Waals surface area contributed by atoms with E-state index in [9.17, 15) is 4.79 Å². The molecule has 0 spiro atoms. The van der Waals surface area contributed by atoms with Crippen LogP contribution in [0.4, 0.5) is 5.69 Å². The minimum atomic E-state index is 0.149. The van der Waals surface area contributed by atoms with Gasteiger partial charge in [0.1, 0.15) is 0 Å². The number of nitrogen functional groups attached to an aromatic ring is 1. The smallest absolute Gasteiger partial charge is 0.236 e. The Balaban J connectivity index is 1.88. The molecule has 0 unspecified atom stereocenters. The van der Waals surface area contributed by atoms with Crippen molar-refractivity contribution in [2.75, 3.05) is 18.5 Å². The summed E-state index contributed by atoms with van der Waals surface area (Å²) in [4.78, 5) is 14.8. The first-order chi connectivity index (χ1) is 8.66. The third kappa shape index (κ3) is 3.29. The molecule has 1 amide bonds. The van der Waals surface area contributed by atoms with Crippen molar-refractivity contribution < 1.29 is 4.79 Å². The molecule has 1 aliphatic carbocycles. The second kappa shape index (κ2) is 5.96. The van der Waals surface area contributed by atoms with Gasteiger partial charge in [-0.05, 0) is 37.5 Å². The van der Waals surface area contributed by atoms with Crippen LogP contribution in [0.2, 0.25) is 0 Å². The summed E-state index contributed by atoms with van der Waals surface area (Å²) in [6.45, 7) is 0. The molecule has 0 atom stereocenters. The highest BCUT2D eigenvalue weighted by Crippen LogP contribution is 2.23. The van der Waals surface area contributed by atoms with E-state index in [4.69, 9.17) is 5.73 Å². The van der Waals surface area contributed by atoms with Crippen LogP contribution in [-0.2, 0) is 4.79 Å². The lowest BCUT2D eigenvalue weighted by Crippen LogP contribution is -2.26. The van der Waals surface area contributed by atoms with E-state index in [1.807, 2.05) is 31.3 Å². The normalized spacial score (nSPS) is 14.4. The first-order valence-electron chi connectivity index (χ1n) is 6.11. The number of amides is 1. The number of carbonyl (C=O) groups is 1. The van der Waals surface area contributed by atoms with Gasteiger partial charge < -0.3 is 10.6 Å². The van der Waals surface area contributed by atoms with E-state index in [-0.39, 0.29) is 5.91 Å². The summed E-state index contributed by atoms with van der Waals surface area (Å²) in [6, 6.07) is 7.63. The molecule has 0 fully saturated rings. The Labute approximate surface area is 112 Å². The molecule has 0 aliphatic heterocycles. The highest BCUT2D eigenvalue weighted by atomic mass is 32.2. The number of carbonyl (C=O) groups excluding carboxylic acids is 1. The van der Waals surface area contributed by atoms with Crippen LogP contribution in [0.1, 0.15) is 19.3 Å². The quantitative estimate of drug-likeness (QED) is 0.670. The maximum atomic E-state index is 12.0. The summed E-state index contributed by atoms with van der Waals surface area (Å²) in [5, 5.41) is 0. The minimum Gasteiger partial charge on any atom is -0.399 e. The molecule has 0 aromatic heterocycles. The lowest BCUT2D eigenvalue weighted by atomic mass is 10.3. The van der Waals surface area contributed by atoms with Crippen molar-refractivity contribution in [1.29, 1.82) is 0 Å². The van der Waals surface area contributed by atoms with E-state index in [1.54, 1.807) is 4.90 Å². The van der Waals surface area contributed by atoms with Crippen LogP contribution in [-0.4, -0.2) is 23.6 Å². The van der Waals surface area contributed by atoms with E-state index < -0.39 is 0 Å². The molecule has 0 saturated carbocycles. The lowest BCUT2D eigenvalue weighted by Gasteiger charge is -2.18. The molecule has 3 nitrogen and oxygen atoms in total. The second-order valence-electron chi connectivity index (χ2n) is 4.40. The molecule has 2 rings (SSSR count). The zero-order valence-corrected chi connectivity index (χ0v) is 11.4. The monoisotopic (exact) mass is 262 g/mol. The molecule has 0 heterocycles. The number of thioether (sulfide) groups is 1. The zero-order chi connectivity index (χ0) is 13.0. The predicted molar refractivity (Wildman–Crippen MR) is 76.3 cm³/mol. The molecular weight excluding hydrogens is 244 g/mol. The number of hydrogen-bond acceptors (Lipinski definition) is 3. The predicted octanol–water partition coefficient (Wildman–Crippen LogP) is 2.89. The first kappa shape index (κ1) is 13.0. The average molecular weight is 262 g/mol. The average Bonchev–Trinajstić information content (AvgIpc) is 2.89. The lowest BCUT2D eigenvalue weighted by molar-refractivity contribution is -0.125. The SMILES string of the molecule is CN(C(=O)CSc1cccc(N)c1)C1=CCCC1. The van der Waals surface area contributed by atoms with Crippen molar-refractivity contribution in [2.24, 2.45) is 0 Å². The Kier molecular flexibility index (Phi) is 4.31. The third-order valence-corrected chi connectivity index (χ3v) is 4.02. The Morgan fingerprint density at radius 1 is 1.50 bits per heavy atom. The Morgan fingerprint density at radius 3 is 3.00 bits per heavy atom. The van der Waals surface area contributed by atoms with Crippen molar-refractivity contribution in [3.8, 4) is 0 Å². The van der Waals surface area contributed by atoms with Crippen LogP contribution in [0.15, 0.2) is 40.9 Å². The summed E-state index contributed by atoms with van der Waals surface area (Å²) >= 11 is 1.53. The summed E-state index contributed by atoms with van der Waals surface area (Å²) < 4.78 is 0. The third-order valence-electron chi connectivity index (χ3n) is 3.04. The Morgan fingerprint density at radius 2 is 2.33 bits per heavy atom. The number of nitrogens with two attached hydrogens (primary N) is 1. The Bertz CT molecular complexity index is 471. The van der Waals surface area contributed by atoms with Crippen LogP contribution in [0, 0.1) is 0 Å². The van der Waals surface area contributed by atoms with Crippen molar-refractivity contribution in [3.05, 3.63) is 36.0 Å². The maximum absolute atomic E-state index is 12.0. The summed E-state index contributed by atoms with van der Waals surface area (Å²) in [7, 11) is 1.86. The van der Waals surface area contributed by atoms with E-state index in [1.165, 1.54) is 11.8 Å². The van der Waals surface area contributed by atoms with Crippen LogP contribution in [0.3, 0.4) is 0 Å². The van der Waals surface area contributed by atoms with Gasteiger partial charge in [-0.3, -0.25) is 4.79 Å². The number of benzene rings is 1. The van der Waals surface area contributed by atoms with Crippen LogP contribution in [0.5, 0.6) is 0 Å². The zero-order valence-electron chi connectivity index (χ0n) is 10.6. The van der Waals surface area contributed by atoms with Crippen LogP contribution < -0.4 is 5.73 Å². The van der Waals surface area contributed by atoms with Gasteiger partial charge in [-0.25, -0.2) is 0 Å². The van der Waals surface area contributed by atoms with Crippen molar-refractivity contribution in [1.82, 2.24) is 4.90 Å². The number of rotatable bonds is 4. The number of nitrogens with zero attached hydrogens (tertiary/aromatic N) is 1. The molecule has 96 valence electrons. The molecule has 2 N–H and O–H groups in total. The van der Waals surface area contributed by atoms with Gasteiger partial charge in [0.05, 0.1) is 5.75 Å². The van der Waals surface area contributed by atoms with E-state index >= 15 is 0 Å². The molecule has 18 heavy (non-hydrogen) atoms. The summed E-state index contributed by atoms with van der Waals surface area (Å²) in [6.07, 6.45) is 5.43. The van der Waals surface area contributed by atoms with Gasteiger partial charge in [0.15, 0.2) is 0 Å². The van der Waals surface area contributed by atoms with Gasteiger partial charge in [-0.1, -0.05) is 12.1 Å². The van der Waals surface area contributed by atoms with Gasteiger partial charge in [0, 0.05) is 23.3 Å². The van der Waals surface area contributed by atoms with E-state index in [2.05, 4.69) is 6.08 Å². The summed E-state index contributed by atoms with van der Waals surface area (Å²) in [5.74, 6) is 0.604. The maximum Gasteiger partial charge on any atom is 0.236 e. The molecule has 4 heteroatoms. The van der Waals surface area contributed by atoms with Gasteiger partial charge in [-0.2, -0.15) is 0 Å². The summed E-state index contributed by atoms with van der Waals surface area (Å²) in [5.41, 5.74) is 7.60. The fourth-order valence-corrected chi connectivity index (χ4v) is 2.84. The molecule has 0 saturated heterocycles. The largest absolute Gasteiger partial charge is 0.399 e. The van der Waals surface area contributed by atoms with Gasteiger partial charge in [0.25, 0.3) is 0 Å². The second-order valence-corrected chi connectivity index (χ2v) is 5.45. The number of allylic oxidation sites excluding steroid dienone is 2. The molecule has 0 bridgehead atoms. The van der Waals surface area contributed by atoms with Crippen LogP contribution >= 0.6 is 11.8 Å². The molecule has 1 aliphatic rings. The standard InChI is InChI=1S/C14H18N2OS/c1-16(12-6-2-3-7-12)14(17)10-18-13-8-4-5-11(15)9-13/h4-6,8-9H,2-3,7,10,15H2,1H3. The molecule has 1 aromatic carbocycles. The van der Waals surface area contributed by atoms with Gasteiger partial charge in [-0.15, -0.1) is 11.8 Å². The highest BCUT2D eigenvalue weighted by Gasteiger charge is 2.15. The fourth-order valence-electron chi connectivity index (χ4n) is 1.96. The highest BCUT2D eigenvalue weighted by molar-refractivity contribution is 8.00. The van der Waals surface area contributed by atoms with Crippen molar-refractivity contribution >= 4 is 23.4 Å². The van der Waals surface area contributed by atoms with E-state index in [0.717, 1.165) is 35.5 Å². The van der Waals surface area contributed by atoms with Crippen LogP contribution in [0.25, 0.3) is 0 Å². The molecule has 1 aromatic rings. The van der Waals surface area contributed by atoms with Crippen molar-refractivity contribution in [2.45, 2.75) is 24.2 Å². The topological polar surface area (TPSA) is 46.3 Å². The molecular formula is C14H18N2OS. The molecule has 0 radical (unpaired) electrons. The van der Waals surface area contributed by atoms with Crippen molar-refractivity contribution in [3.63, 3.8) is 0 Å². The number of anilines is 1. The first-order valence-corrected chi connectivity index (χ1v) is 7.09. The van der Waals surface area contributed by atoms with Gasteiger partial charge >= 0.3 is 0 Å². The number of hydrogen-bond donors (Lipinski definition) is 1. The fraction of sp³-hybridized carbons (Fsp3) is 0.357. The van der Waals surface area contributed by atoms with Gasteiger partial charge in [0.2, 0.25) is 5.91 Å².